The van der Waals surface area contributed by atoms with Crippen molar-refractivity contribution in [2.24, 2.45) is 0 Å². The molecule has 0 unspecified atom stereocenters. The molecule has 2 N–H and O–H groups in total. The molecule has 6 nitrogen and oxygen atoms in total. The Hall–Kier alpha value is -2.27. The number of rotatable bonds is 5. The van der Waals surface area contributed by atoms with Gasteiger partial charge < -0.3 is 10.6 Å². The van der Waals surface area contributed by atoms with E-state index in [1.807, 2.05) is 29.6 Å². The standard InChI is InChI=1S/C14H12F3N5OS2/c1-23-10-4-2-3-8(5-10)11-19-9(6-24-11)7-25-13-21-20-12(22(13)18)14(15,16)17/h2-6H,7,18H2,1H3. The first-order chi connectivity index (χ1) is 11.9. The monoisotopic (exact) mass is 387 g/mol. The molecule has 0 amide bonds. The van der Waals surface area contributed by atoms with Gasteiger partial charge in [-0.05, 0) is 12.1 Å². The molecule has 0 saturated heterocycles. The van der Waals surface area contributed by atoms with Gasteiger partial charge in [-0.2, -0.15) is 13.2 Å². The van der Waals surface area contributed by atoms with E-state index in [4.69, 9.17) is 10.6 Å². The fourth-order valence-corrected chi connectivity index (χ4v) is 3.64. The van der Waals surface area contributed by atoms with Gasteiger partial charge in [-0.25, -0.2) is 9.66 Å². The van der Waals surface area contributed by atoms with Crippen molar-refractivity contribution >= 4 is 23.1 Å². The van der Waals surface area contributed by atoms with E-state index >= 15 is 0 Å². The number of benzene rings is 1. The molecule has 0 spiro atoms. The summed E-state index contributed by atoms with van der Waals surface area (Å²) in [6.07, 6.45) is -4.64. The van der Waals surface area contributed by atoms with Crippen molar-refractivity contribution in [1.82, 2.24) is 19.9 Å². The molecule has 25 heavy (non-hydrogen) atoms. The zero-order chi connectivity index (χ0) is 18.0. The maximum Gasteiger partial charge on any atom is 0.453 e. The average molecular weight is 387 g/mol. The number of halogens is 3. The van der Waals surface area contributed by atoms with E-state index in [1.54, 1.807) is 7.11 Å². The zero-order valence-electron chi connectivity index (χ0n) is 12.8. The number of nitrogens with zero attached hydrogens (tertiary/aromatic N) is 4. The van der Waals surface area contributed by atoms with Crippen molar-refractivity contribution in [2.45, 2.75) is 17.1 Å². The van der Waals surface area contributed by atoms with Crippen LogP contribution < -0.4 is 10.6 Å². The lowest BCUT2D eigenvalue weighted by Gasteiger charge is -2.05. The SMILES string of the molecule is COc1cccc(-c2nc(CSc3nnc(C(F)(F)F)n3N)cs2)c1. The Kier molecular flexibility index (Phi) is 4.86. The van der Waals surface area contributed by atoms with Gasteiger partial charge >= 0.3 is 6.18 Å². The van der Waals surface area contributed by atoms with Crippen molar-refractivity contribution in [3.05, 3.63) is 41.2 Å². The van der Waals surface area contributed by atoms with Gasteiger partial charge in [0.25, 0.3) is 5.82 Å². The quantitative estimate of drug-likeness (QED) is 0.534. The summed E-state index contributed by atoms with van der Waals surface area (Å²) in [6.45, 7) is 0. The first-order valence-electron chi connectivity index (χ1n) is 6.88. The van der Waals surface area contributed by atoms with Gasteiger partial charge in [0.05, 0.1) is 12.8 Å². The molecule has 0 radical (unpaired) electrons. The highest BCUT2D eigenvalue weighted by atomic mass is 32.2. The fraction of sp³-hybridized carbons (Fsp3) is 0.214. The molecule has 0 aliphatic rings. The van der Waals surface area contributed by atoms with Crippen LogP contribution in [0.4, 0.5) is 13.2 Å². The number of thioether (sulfide) groups is 1. The number of hydrogen-bond donors (Lipinski definition) is 1. The highest BCUT2D eigenvalue weighted by Gasteiger charge is 2.38. The molecular weight excluding hydrogens is 375 g/mol. The van der Waals surface area contributed by atoms with Crippen LogP contribution in [0, 0.1) is 0 Å². The Morgan fingerprint density at radius 1 is 1.32 bits per heavy atom. The second-order valence-corrected chi connectivity index (χ2v) is 6.64. The van der Waals surface area contributed by atoms with Crippen LogP contribution in [-0.2, 0) is 11.9 Å². The predicted molar refractivity (Wildman–Crippen MR) is 88.8 cm³/mol. The van der Waals surface area contributed by atoms with Crippen LogP contribution in [0.25, 0.3) is 10.6 Å². The summed E-state index contributed by atoms with van der Waals surface area (Å²) in [5.41, 5.74) is 1.62. The van der Waals surface area contributed by atoms with Gasteiger partial charge in [-0.3, -0.25) is 0 Å². The molecule has 0 bridgehead atoms. The molecule has 11 heteroatoms. The first-order valence-corrected chi connectivity index (χ1v) is 8.74. The smallest absolute Gasteiger partial charge is 0.453 e. The molecule has 0 atom stereocenters. The predicted octanol–water partition coefficient (Wildman–Crippen LogP) is 3.44. The van der Waals surface area contributed by atoms with E-state index in [-0.39, 0.29) is 5.16 Å². The van der Waals surface area contributed by atoms with Crippen LogP contribution in [0.2, 0.25) is 0 Å². The number of thiazole rings is 1. The van der Waals surface area contributed by atoms with Gasteiger partial charge in [0.15, 0.2) is 0 Å². The summed E-state index contributed by atoms with van der Waals surface area (Å²) >= 11 is 2.47. The van der Waals surface area contributed by atoms with E-state index in [1.165, 1.54) is 11.3 Å². The number of aromatic nitrogens is 4. The molecule has 3 aromatic rings. The lowest BCUT2D eigenvalue weighted by atomic mass is 10.2. The minimum absolute atomic E-state index is 0.0248. The van der Waals surface area contributed by atoms with Gasteiger partial charge in [0.1, 0.15) is 10.8 Å². The molecule has 1 aromatic carbocycles. The summed E-state index contributed by atoms with van der Waals surface area (Å²) in [7, 11) is 1.58. The van der Waals surface area contributed by atoms with Crippen molar-refractivity contribution in [1.29, 1.82) is 0 Å². The molecular formula is C14H12F3N5OS2. The third kappa shape index (κ3) is 3.87. The number of methoxy groups -OCH3 is 1. The second kappa shape index (κ2) is 6.92. The molecule has 0 saturated carbocycles. The third-order valence-corrected chi connectivity index (χ3v) is 5.05. The molecule has 3 rings (SSSR count). The van der Waals surface area contributed by atoms with Gasteiger partial charge in [0, 0.05) is 16.7 Å². The van der Waals surface area contributed by atoms with Crippen LogP contribution >= 0.6 is 23.1 Å². The third-order valence-electron chi connectivity index (χ3n) is 3.14. The average Bonchev–Trinajstić information content (AvgIpc) is 3.19. The van der Waals surface area contributed by atoms with Crippen LogP contribution in [0.5, 0.6) is 5.75 Å². The number of alkyl halides is 3. The van der Waals surface area contributed by atoms with E-state index in [2.05, 4.69) is 15.2 Å². The lowest BCUT2D eigenvalue weighted by Crippen LogP contribution is -2.21. The van der Waals surface area contributed by atoms with Crippen LogP contribution in [-0.4, -0.2) is 27.0 Å². The number of nitrogens with two attached hydrogens (primary N) is 1. The van der Waals surface area contributed by atoms with Gasteiger partial charge in [-0.1, -0.05) is 23.9 Å². The topological polar surface area (TPSA) is 78.9 Å². The zero-order valence-corrected chi connectivity index (χ0v) is 14.5. The second-order valence-electron chi connectivity index (χ2n) is 4.84. The Labute approximate surface area is 148 Å². The number of ether oxygens (including phenoxy) is 1. The summed E-state index contributed by atoms with van der Waals surface area (Å²) in [4.78, 5) is 4.48. The Morgan fingerprint density at radius 2 is 2.12 bits per heavy atom. The summed E-state index contributed by atoms with van der Waals surface area (Å²) in [6, 6.07) is 7.46. The maximum atomic E-state index is 12.6. The molecule has 2 heterocycles. The van der Waals surface area contributed by atoms with Crippen molar-refractivity contribution in [3.8, 4) is 16.3 Å². The number of nitrogen functional groups attached to an aromatic ring is 1. The highest BCUT2D eigenvalue weighted by molar-refractivity contribution is 7.98. The van der Waals surface area contributed by atoms with E-state index in [0.29, 0.717) is 16.1 Å². The fourth-order valence-electron chi connectivity index (χ4n) is 1.97. The highest BCUT2D eigenvalue weighted by Crippen LogP contribution is 2.31. The minimum atomic E-state index is -4.64. The van der Waals surface area contributed by atoms with E-state index in [0.717, 1.165) is 28.1 Å². The van der Waals surface area contributed by atoms with Crippen LogP contribution in [0.3, 0.4) is 0 Å². The summed E-state index contributed by atoms with van der Waals surface area (Å²) in [5, 5.41) is 9.16. The van der Waals surface area contributed by atoms with Crippen molar-refractivity contribution in [2.75, 3.05) is 13.0 Å². The normalized spacial score (nSPS) is 11.7. The van der Waals surface area contributed by atoms with Crippen LogP contribution in [0.1, 0.15) is 11.5 Å². The molecule has 132 valence electrons. The minimum Gasteiger partial charge on any atom is -0.497 e. The number of hydrogen-bond acceptors (Lipinski definition) is 7. The largest absolute Gasteiger partial charge is 0.497 e. The van der Waals surface area contributed by atoms with Crippen molar-refractivity contribution in [3.63, 3.8) is 0 Å². The van der Waals surface area contributed by atoms with E-state index in [9.17, 15) is 13.2 Å². The van der Waals surface area contributed by atoms with Gasteiger partial charge in [-0.15, -0.1) is 21.5 Å². The summed E-state index contributed by atoms with van der Waals surface area (Å²) < 4.78 is 43.6. The Bertz CT molecular complexity index is 877. The molecule has 2 aromatic heterocycles. The molecule has 0 fully saturated rings. The maximum absolute atomic E-state index is 12.6. The first kappa shape index (κ1) is 17.5. The van der Waals surface area contributed by atoms with Crippen LogP contribution in [0.15, 0.2) is 34.8 Å². The molecule has 0 aliphatic carbocycles. The Balaban J connectivity index is 1.71. The molecule has 0 aliphatic heterocycles. The van der Waals surface area contributed by atoms with E-state index < -0.39 is 12.0 Å². The lowest BCUT2D eigenvalue weighted by molar-refractivity contribution is -0.146. The van der Waals surface area contributed by atoms with Crippen molar-refractivity contribution < 1.29 is 17.9 Å². The van der Waals surface area contributed by atoms with Gasteiger partial charge in [0.2, 0.25) is 5.16 Å². The summed E-state index contributed by atoms with van der Waals surface area (Å²) in [5.74, 6) is 5.22. The Morgan fingerprint density at radius 3 is 2.80 bits per heavy atom.